The Balaban J connectivity index is 1.52. The van der Waals surface area contributed by atoms with E-state index in [9.17, 15) is 19.7 Å². The van der Waals surface area contributed by atoms with Gasteiger partial charge in [-0.25, -0.2) is 0 Å². The summed E-state index contributed by atoms with van der Waals surface area (Å²) < 4.78 is 5.30. The third kappa shape index (κ3) is 4.79. The molecule has 0 atom stereocenters. The zero-order valence-electron chi connectivity index (χ0n) is 13.8. The minimum atomic E-state index is -0.511. The van der Waals surface area contributed by atoms with Gasteiger partial charge in [-0.3, -0.25) is 19.7 Å². The highest BCUT2D eigenvalue weighted by Gasteiger charge is 2.23. The number of ether oxygens (including phenoxy) is 1. The summed E-state index contributed by atoms with van der Waals surface area (Å²) in [7, 11) is 0. The van der Waals surface area contributed by atoms with Gasteiger partial charge in [-0.15, -0.1) is 0 Å². The van der Waals surface area contributed by atoms with Crippen LogP contribution in [-0.4, -0.2) is 29.4 Å². The van der Waals surface area contributed by atoms with Gasteiger partial charge in [0.25, 0.3) is 17.5 Å². The number of nitrogens with zero attached hydrogens (tertiary/aromatic N) is 1. The summed E-state index contributed by atoms with van der Waals surface area (Å²) in [5.41, 5.74) is 0.917. The number of amides is 2. The van der Waals surface area contributed by atoms with Gasteiger partial charge < -0.3 is 15.4 Å². The summed E-state index contributed by atoms with van der Waals surface area (Å²) in [4.78, 5) is 34.1. The lowest BCUT2D eigenvalue weighted by Crippen LogP contribution is -2.25. The molecule has 3 rings (SSSR count). The van der Waals surface area contributed by atoms with E-state index in [4.69, 9.17) is 4.74 Å². The predicted molar refractivity (Wildman–Crippen MR) is 94.2 cm³/mol. The standard InChI is InChI=1S/C18H17N3O5/c22-17(11-26-16-8-6-15(7-9-16)21(24)25)19-14-3-1-2-12(10-14)18(23)20-13-4-5-13/h1-3,6-10,13H,4-5,11H2,(H,19,22)(H,20,23). The average Bonchev–Trinajstić information content (AvgIpc) is 3.44. The number of non-ortho nitro benzene ring substituents is 1. The number of rotatable bonds is 7. The molecule has 0 heterocycles. The molecule has 0 aliphatic heterocycles. The van der Waals surface area contributed by atoms with Gasteiger partial charge in [-0.1, -0.05) is 6.07 Å². The molecule has 0 aromatic heterocycles. The lowest BCUT2D eigenvalue weighted by atomic mass is 10.2. The van der Waals surface area contributed by atoms with Crippen molar-refractivity contribution in [1.29, 1.82) is 0 Å². The highest BCUT2D eigenvalue weighted by Crippen LogP contribution is 2.20. The zero-order valence-corrected chi connectivity index (χ0v) is 13.8. The topological polar surface area (TPSA) is 111 Å². The summed E-state index contributed by atoms with van der Waals surface area (Å²) in [6, 6.07) is 12.4. The molecule has 26 heavy (non-hydrogen) atoms. The Bertz CT molecular complexity index is 831. The van der Waals surface area contributed by atoms with E-state index in [-0.39, 0.29) is 24.2 Å². The molecule has 0 radical (unpaired) electrons. The number of nitro benzene ring substituents is 1. The monoisotopic (exact) mass is 355 g/mol. The molecule has 0 spiro atoms. The summed E-state index contributed by atoms with van der Waals surface area (Å²) in [6.45, 7) is -0.254. The lowest BCUT2D eigenvalue weighted by molar-refractivity contribution is -0.384. The SMILES string of the molecule is O=C(COc1ccc([N+](=O)[O-])cc1)Nc1cccc(C(=O)NC2CC2)c1. The molecule has 0 unspecified atom stereocenters. The van der Waals surface area contributed by atoms with E-state index in [0.29, 0.717) is 17.0 Å². The first kappa shape index (κ1) is 17.4. The minimum absolute atomic E-state index is 0.0527. The number of benzene rings is 2. The number of nitrogens with one attached hydrogen (secondary N) is 2. The number of hydrogen-bond acceptors (Lipinski definition) is 5. The van der Waals surface area contributed by atoms with Crippen LogP contribution >= 0.6 is 0 Å². The Morgan fingerprint density at radius 1 is 1.15 bits per heavy atom. The number of carbonyl (C=O) groups is 2. The molecular formula is C18H17N3O5. The largest absolute Gasteiger partial charge is 0.484 e. The molecule has 1 aliphatic rings. The van der Waals surface area contributed by atoms with Gasteiger partial charge in [0.2, 0.25) is 0 Å². The Morgan fingerprint density at radius 3 is 2.54 bits per heavy atom. The summed E-state index contributed by atoms with van der Waals surface area (Å²) in [5, 5.41) is 16.1. The molecule has 134 valence electrons. The minimum Gasteiger partial charge on any atom is -0.484 e. The highest BCUT2D eigenvalue weighted by atomic mass is 16.6. The smallest absolute Gasteiger partial charge is 0.269 e. The molecule has 2 aromatic carbocycles. The second-order valence-corrected chi connectivity index (χ2v) is 5.92. The maximum Gasteiger partial charge on any atom is 0.269 e. The van der Waals surface area contributed by atoms with Gasteiger partial charge in [0.05, 0.1) is 4.92 Å². The zero-order chi connectivity index (χ0) is 18.5. The fourth-order valence-corrected chi connectivity index (χ4v) is 2.24. The van der Waals surface area contributed by atoms with E-state index >= 15 is 0 Å². The van der Waals surface area contributed by atoms with Crippen LogP contribution in [0.5, 0.6) is 5.75 Å². The van der Waals surface area contributed by atoms with E-state index in [1.54, 1.807) is 24.3 Å². The second kappa shape index (κ2) is 7.64. The lowest BCUT2D eigenvalue weighted by Gasteiger charge is -2.09. The molecule has 1 aliphatic carbocycles. The molecule has 2 aromatic rings. The first-order chi connectivity index (χ1) is 12.5. The van der Waals surface area contributed by atoms with Crippen molar-refractivity contribution in [2.24, 2.45) is 0 Å². The average molecular weight is 355 g/mol. The maximum absolute atomic E-state index is 12.0. The van der Waals surface area contributed by atoms with Crippen molar-refractivity contribution >= 4 is 23.2 Å². The van der Waals surface area contributed by atoms with E-state index < -0.39 is 10.8 Å². The molecular weight excluding hydrogens is 338 g/mol. The summed E-state index contributed by atoms with van der Waals surface area (Å²) in [5.74, 6) is -0.211. The third-order valence-corrected chi connectivity index (χ3v) is 3.74. The first-order valence-corrected chi connectivity index (χ1v) is 8.09. The molecule has 8 heteroatoms. The van der Waals surface area contributed by atoms with Crippen molar-refractivity contribution in [3.8, 4) is 5.75 Å². The van der Waals surface area contributed by atoms with Gasteiger partial charge in [0, 0.05) is 29.4 Å². The van der Waals surface area contributed by atoms with Gasteiger partial charge in [0.1, 0.15) is 5.75 Å². The first-order valence-electron chi connectivity index (χ1n) is 8.09. The molecule has 2 amide bonds. The van der Waals surface area contributed by atoms with E-state index in [1.807, 2.05) is 0 Å². The molecule has 2 N–H and O–H groups in total. The number of nitro groups is 1. The Hall–Kier alpha value is -3.42. The molecule has 1 fully saturated rings. The van der Waals surface area contributed by atoms with Crippen molar-refractivity contribution in [2.45, 2.75) is 18.9 Å². The summed E-state index contributed by atoms with van der Waals surface area (Å²) in [6.07, 6.45) is 2.00. The van der Waals surface area contributed by atoms with Crippen LogP contribution in [0.4, 0.5) is 11.4 Å². The quantitative estimate of drug-likeness (QED) is 0.586. The van der Waals surface area contributed by atoms with Crippen molar-refractivity contribution in [3.63, 3.8) is 0 Å². The van der Waals surface area contributed by atoms with Crippen molar-refractivity contribution in [2.75, 3.05) is 11.9 Å². The molecule has 1 saturated carbocycles. The number of hydrogen-bond donors (Lipinski definition) is 2. The Morgan fingerprint density at radius 2 is 1.88 bits per heavy atom. The van der Waals surface area contributed by atoms with Gasteiger partial charge in [-0.05, 0) is 43.2 Å². The van der Waals surface area contributed by atoms with Crippen molar-refractivity contribution in [1.82, 2.24) is 5.32 Å². The third-order valence-electron chi connectivity index (χ3n) is 3.74. The summed E-state index contributed by atoms with van der Waals surface area (Å²) >= 11 is 0. The van der Waals surface area contributed by atoms with Crippen LogP contribution in [-0.2, 0) is 4.79 Å². The fourth-order valence-electron chi connectivity index (χ4n) is 2.24. The molecule has 0 saturated heterocycles. The van der Waals surface area contributed by atoms with Crippen molar-refractivity contribution < 1.29 is 19.2 Å². The fraction of sp³-hybridized carbons (Fsp3) is 0.222. The van der Waals surface area contributed by atoms with Crippen molar-refractivity contribution in [3.05, 3.63) is 64.2 Å². The maximum atomic E-state index is 12.0. The van der Waals surface area contributed by atoms with Crippen LogP contribution < -0.4 is 15.4 Å². The number of carbonyl (C=O) groups excluding carboxylic acids is 2. The molecule has 0 bridgehead atoms. The Kier molecular flexibility index (Phi) is 5.12. The van der Waals surface area contributed by atoms with Gasteiger partial charge in [0.15, 0.2) is 6.61 Å². The van der Waals surface area contributed by atoms with Crippen LogP contribution in [0.15, 0.2) is 48.5 Å². The van der Waals surface area contributed by atoms with Crippen LogP contribution in [0.1, 0.15) is 23.2 Å². The van der Waals surface area contributed by atoms with E-state index in [0.717, 1.165) is 12.8 Å². The predicted octanol–water partition coefficient (Wildman–Crippen LogP) is 2.50. The van der Waals surface area contributed by atoms with Crippen LogP contribution in [0.25, 0.3) is 0 Å². The van der Waals surface area contributed by atoms with E-state index in [1.165, 1.54) is 24.3 Å². The van der Waals surface area contributed by atoms with Gasteiger partial charge >= 0.3 is 0 Å². The van der Waals surface area contributed by atoms with Gasteiger partial charge in [-0.2, -0.15) is 0 Å². The molecule has 8 nitrogen and oxygen atoms in total. The normalized spacial score (nSPS) is 12.9. The highest BCUT2D eigenvalue weighted by molar-refractivity contribution is 5.97. The Labute approximate surface area is 149 Å². The van der Waals surface area contributed by atoms with Crippen LogP contribution in [0.2, 0.25) is 0 Å². The second-order valence-electron chi connectivity index (χ2n) is 5.92. The van der Waals surface area contributed by atoms with Crippen LogP contribution in [0.3, 0.4) is 0 Å². The van der Waals surface area contributed by atoms with E-state index in [2.05, 4.69) is 10.6 Å². The van der Waals surface area contributed by atoms with Crippen LogP contribution in [0, 0.1) is 10.1 Å². The number of anilines is 1.